The summed E-state index contributed by atoms with van der Waals surface area (Å²) >= 11 is 0. The summed E-state index contributed by atoms with van der Waals surface area (Å²) in [6, 6.07) is 0. The van der Waals surface area contributed by atoms with Gasteiger partial charge in [0.15, 0.2) is 0 Å². The van der Waals surface area contributed by atoms with Crippen molar-refractivity contribution < 1.29 is 4.74 Å². The first-order valence-electron chi connectivity index (χ1n) is 4.86. The molecule has 1 fully saturated rings. The number of nitrogens with two attached hydrogens (primary N) is 1. The van der Waals surface area contributed by atoms with Crippen LogP contribution in [0.5, 0.6) is 0 Å². The van der Waals surface area contributed by atoms with Crippen LogP contribution in [0.25, 0.3) is 0 Å². The highest BCUT2D eigenvalue weighted by atomic mass is 16.5. The Balaban J connectivity index is 2.55. The average Bonchev–Trinajstić information content (AvgIpc) is 2.56. The molecule has 1 aliphatic rings. The SMILES string of the molecule is C=NN=C(C=C(C)N)OC1CCCC1. The maximum Gasteiger partial charge on any atom is 0.235 e. The predicted octanol–water partition coefficient (Wildman–Crippen LogP) is 1.82. The molecule has 0 unspecified atom stereocenters. The number of allylic oxidation sites excluding steroid dienone is 1. The Hall–Kier alpha value is -1.32. The monoisotopic (exact) mass is 195 g/mol. The molecule has 0 bridgehead atoms. The Morgan fingerprint density at radius 2 is 2.14 bits per heavy atom. The fraction of sp³-hybridized carbons (Fsp3) is 0.600. The first kappa shape index (κ1) is 10.8. The molecule has 1 rings (SSSR count). The Morgan fingerprint density at radius 1 is 1.50 bits per heavy atom. The van der Waals surface area contributed by atoms with Gasteiger partial charge in [-0.15, -0.1) is 5.10 Å². The van der Waals surface area contributed by atoms with Crippen LogP contribution in [0.2, 0.25) is 0 Å². The van der Waals surface area contributed by atoms with Gasteiger partial charge in [-0.3, -0.25) is 0 Å². The van der Waals surface area contributed by atoms with E-state index in [1.807, 2.05) is 0 Å². The zero-order chi connectivity index (χ0) is 10.4. The summed E-state index contributed by atoms with van der Waals surface area (Å²) in [4.78, 5) is 0. The van der Waals surface area contributed by atoms with E-state index in [0.29, 0.717) is 11.6 Å². The van der Waals surface area contributed by atoms with E-state index in [-0.39, 0.29) is 6.10 Å². The van der Waals surface area contributed by atoms with E-state index in [2.05, 4.69) is 16.9 Å². The first-order valence-corrected chi connectivity index (χ1v) is 4.86. The Morgan fingerprint density at radius 3 is 2.64 bits per heavy atom. The lowest BCUT2D eigenvalue weighted by molar-refractivity contribution is 0.197. The van der Waals surface area contributed by atoms with E-state index in [0.717, 1.165) is 12.8 Å². The summed E-state index contributed by atoms with van der Waals surface area (Å²) in [6.07, 6.45) is 6.58. The van der Waals surface area contributed by atoms with Crippen molar-refractivity contribution in [3.05, 3.63) is 11.8 Å². The summed E-state index contributed by atoms with van der Waals surface area (Å²) in [7, 11) is 0. The molecule has 2 N–H and O–H groups in total. The van der Waals surface area contributed by atoms with Gasteiger partial charge in [0.25, 0.3) is 0 Å². The van der Waals surface area contributed by atoms with E-state index >= 15 is 0 Å². The molecule has 1 aliphatic carbocycles. The number of nitrogens with zero attached hydrogens (tertiary/aromatic N) is 2. The fourth-order valence-corrected chi connectivity index (χ4v) is 1.53. The van der Waals surface area contributed by atoms with Gasteiger partial charge in [0.05, 0.1) is 0 Å². The van der Waals surface area contributed by atoms with Crippen molar-refractivity contribution in [3.63, 3.8) is 0 Å². The second kappa shape index (κ2) is 5.42. The third kappa shape index (κ3) is 3.60. The van der Waals surface area contributed by atoms with Gasteiger partial charge in [0.2, 0.25) is 5.90 Å². The molecule has 0 atom stereocenters. The van der Waals surface area contributed by atoms with Gasteiger partial charge in [-0.2, -0.15) is 5.10 Å². The Bertz CT molecular complexity index is 248. The zero-order valence-corrected chi connectivity index (χ0v) is 8.57. The number of rotatable bonds is 3. The van der Waals surface area contributed by atoms with E-state index in [9.17, 15) is 0 Å². The molecule has 4 nitrogen and oxygen atoms in total. The molecule has 14 heavy (non-hydrogen) atoms. The second-order valence-electron chi connectivity index (χ2n) is 3.49. The van der Waals surface area contributed by atoms with Crippen molar-refractivity contribution >= 4 is 12.6 Å². The molecule has 0 saturated heterocycles. The van der Waals surface area contributed by atoms with E-state index in [1.54, 1.807) is 13.0 Å². The molecule has 0 aliphatic heterocycles. The van der Waals surface area contributed by atoms with E-state index in [4.69, 9.17) is 10.5 Å². The normalized spacial score (nSPS) is 19.8. The van der Waals surface area contributed by atoms with Crippen molar-refractivity contribution in [2.45, 2.75) is 38.7 Å². The summed E-state index contributed by atoms with van der Waals surface area (Å²) < 4.78 is 5.62. The number of hydrogen-bond donors (Lipinski definition) is 1. The van der Waals surface area contributed by atoms with Gasteiger partial charge in [-0.25, -0.2) is 0 Å². The predicted molar refractivity (Wildman–Crippen MR) is 58.3 cm³/mol. The van der Waals surface area contributed by atoms with Crippen LogP contribution in [-0.2, 0) is 4.74 Å². The molecule has 4 heteroatoms. The molecule has 0 aromatic heterocycles. The minimum absolute atomic E-state index is 0.270. The van der Waals surface area contributed by atoms with Gasteiger partial charge in [-0.05, 0) is 32.6 Å². The second-order valence-corrected chi connectivity index (χ2v) is 3.49. The van der Waals surface area contributed by atoms with Gasteiger partial charge >= 0.3 is 0 Å². The van der Waals surface area contributed by atoms with Gasteiger partial charge in [0, 0.05) is 18.5 Å². The Labute approximate surface area is 84.5 Å². The number of ether oxygens (including phenoxy) is 1. The summed E-state index contributed by atoms with van der Waals surface area (Å²) in [6.45, 7) is 5.08. The van der Waals surface area contributed by atoms with Crippen LogP contribution in [0.4, 0.5) is 0 Å². The van der Waals surface area contributed by atoms with Crippen molar-refractivity contribution in [2.24, 2.45) is 15.9 Å². The summed E-state index contributed by atoms with van der Waals surface area (Å²) in [5, 5.41) is 7.22. The third-order valence-electron chi connectivity index (χ3n) is 2.11. The van der Waals surface area contributed by atoms with Crippen LogP contribution in [-0.4, -0.2) is 18.7 Å². The maximum absolute atomic E-state index is 5.62. The average molecular weight is 195 g/mol. The highest BCUT2D eigenvalue weighted by Gasteiger charge is 2.17. The van der Waals surface area contributed by atoms with Crippen molar-refractivity contribution in [1.82, 2.24) is 0 Å². The van der Waals surface area contributed by atoms with Crippen LogP contribution < -0.4 is 5.73 Å². The molecule has 78 valence electrons. The lowest BCUT2D eigenvalue weighted by atomic mass is 10.3. The van der Waals surface area contributed by atoms with Crippen molar-refractivity contribution in [3.8, 4) is 0 Å². The highest BCUT2D eigenvalue weighted by molar-refractivity contribution is 5.88. The van der Waals surface area contributed by atoms with Gasteiger partial charge < -0.3 is 10.5 Å². The third-order valence-corrected chi connectivity index (χ3v) is 2.11. The molecule has 0 spiro atoms. The topological polar surface area (TPSA) is 60.0 Å². The van der Waals surface area contributed by atoms with Crippen LogP contribution in [0.15, 0.2) is 22.0 Å². The summed E-state index contributed by atoms with van der Waals surface area (Å²) in [5.41, 5.74) is 6.19. The lowest BCUT2D eigenvalue weighted by Crippen LogP contribution is -2.14. The number of hydrogen-bond acceptors (Lipinski definition) is 4. The zero-order valence-electron chi connectivity index (χ0n) is 8.57. The summed E-state index contributed by atoms with van der Waals surface area (Å²) in [5.74, 6) is 0.465. The van der Waals surface area contributed by atoms with E-state index < -0.39 is 0 Å². The molecule has 0 amide bonds. The van der Waals surface area contributed by atoms with Gasteiger partial charge in [0.1, 0.15) is 6.10 Å². The largest absolute Gasteiger partial charge is 0.473 e. The van der Waals surface area contributed by atoms with E-state index in [1.165, 1.54) is 12.8 Å². The smallest absolute Gasteiger partial charge is 0.235 e. The maximum atomic E-state index is 5.62. The molecular formula is C10H17N3O. The molecule has 0 heterocycles. The van der Waals surface area contributed by atoms with Crippen LogP contribution in [0.3, 0.4) is 0 Å². The molecule has 0 aromatic carbocycles. The fourth-order valence-electron chi connectivity index (χ4n) is 1.53. The Kier molecular flexibility index (Phi) is 4.16. The molecule has 1 saturated carbocycles. The standard InChI is InChI=1S/C10H17N3O/c1-8(11)7-10(13-12-2)14-9-5-3-4-6-9/h7,9H,2-6,11H2,1H3. The first-order chi connectivity index (χ1) is 6.72. The molecular weight excluding hydrogens is 178 g/mol. The van der Waals surface area contributed by atoms with Crippen LogP contribution in [0, 0.1) is 0 Å². The molecule has 0 aromatic rings. The van der Waals surface area contributed by atoms with Crippen LogP contribution in [0.1, 0.15) is 32.6 Å². The lowest BCUT2D eigenvalue weighted by Gasteiger charge is -2.11. The highest BCUT2D eigenvalue weighted by Crippen LogP contribution is 2.21. The quantitative estimate of drug-likeness (QED) is 0.424. The van der Waals surface area contributed by atoms with Gasteiger partial charge in [-0.1, -0.05) is 0 Å². The van der Waals surface area contributed by atoms with Crippen molar-refractivity contribution in [1.29, 1.82) is 0 Å². The van der Waals surface area contributed by atoms with Crippen molar-refractivity contribution in [2.75, 3.05) is 0 Å². The minimum atomic E-state index is 0.270. The van der Waals surface area contributed by atoms with Crippen LogP contribution >= 0.6 is 0 Å². The minimum Gasteiger partial charge on any atom is -0.473 e. The molecule has 0 radical (unpaired) electrons.